The van der Waals surface area contributed by atoms with Crippen molar-refractivity contribution in [3.8, 4) is 5.75 Å². The molecule has 0 saturated carbocycles. The van der Waals surface area contributed by atoms with Crippen LogP contribution in [0.25, 0.3) is 0 Å². The number of carbonyl (C=O) groups is 1. The van der Waals surface area contributed by atoms with Crippen molar-refractivity contribution in [2.45, 2.75) is 38.7 Å². The monoisotopic (exact) mass is 332 g/mol. The highest BCUT2D eigenvalue weighted by Crippen LogP contribution is 2.32. The van der Waals surface area contributed by atoms with E-state index in [1.54, 1.807) is 18.2 Å². The average Bonchev–Trinajstić information content (AvgIpc) is 2.46. The van der Waals surface area contributed by atoms with Crippen LogP contribution in [0.2, 0.25) is 5.02 Å². The first-order valence-electron chi connectivity index (χ1n) is 7.51. The highest BCUT2D eigenvalue weighted by molar-refractivity contribution is 6.30. The molecule has 2 aromatic carbocycles. The number of carboxylic acid groups (broad SMARTS) is 1. The van der Waals surface area contributed by atoms with Gasteiger partial charge in [-0.15, -0.1) is 0 Å². The summed E-state index contributed by atoms with van der Waals surface area (Å²) >= 11 is 5.96. The van der Waals surface area contributed by atoms with Crippen LogP contribution in [0.1, 0.15) is 31.9 Å². The Morgan fingerprint density at radius 1 is 1.17 bits per heavy atom. The summed E-state index contributed by atoms with van der Waals surface area (Å²) in [5.74, 6) is -0.386. The molecule has 122 valence electrons. The van der Waals surface area contributed by atoms with Crippen LogP contribution in [0.5, 0.6) is 5.75 Å². The molecule has 0 amide bonds. The number of aliphatic carboxylic acids is 1. The summed E-state index contributed by atoms with van der Waals surface area (Å²) in [6.45, 7) is 6.21. The first-order valence-corrected chi connectivity index (χ1v) is 7.88. The fourth-order valence-electron chi connectivity index (χ4n) is 2.40. The first-order chi connectivity index (χ1) is 10.8. The van der Waals surface area contributed by atoms with Crippen molar-refractivity contribution in [1.82, 2.24) is 0 Å². The normalized spacial score (nSPS) is 12.7. The van der Waals surface area contributed by atoms with Crippen LogP contribution < -0.4 is 4.74 Å². The van der Waals surface area contributed by atoms with E-state index in [0.29, 0.717) is 10.8 Å². The third-order valence-electron chi connectivity index (χ3n) is 3.55. The van der Waals surface area contributed by atoms with Crippen molar-refractivity contribution in [1.29, 1.82) is 0 Å². The largest absolute Gasteiger partial charge is 0.478 e. The summed E-state index contributed by atoms with van der Waals surface area (Å²) in [6.07, 6.45) is -0.703. The fraction of sp³-hybridized carbons (Fsp3) is 0.316. The molecule has 0 spiro atoms. The lowest BCUT2D eigenvalue weighted by Crippen LogP contribution is -2.30. The van der Waals surface area contributed by atoms with Crippen LogP contribution in [0.4, 0.5) is 0 Å². The Morgan fingerprint density at radius 3 is 2.48 bits per heavy atom. The molecule has 2 rings (SSSR count). The molecule has 0 aromatic heterocycles. The number of hydrogen-bond donors (Lipinski definition) is 1. The van der Waals surface area contributed by atoms with Gasteiger partial charge in [0.15, 0.2) is 6.10 Å². The summed E-state index contributed by atoms with van der Waals surface area (Å²) in [5, 5.41) is 10.1. The van der Waals surface area contributed by atoms with Gasteiger partial charge in [0.25, 0.3) is 0 Å². The minimum atomic E-state index is -0.992. The Bertz CT molecular complexity index is 689. The molecule has 0 fully saturated rings. The number of benzene rings is 2. The lowest BCUT2D eigenvalue weighted by atomic mass is 9.86. The molecule has 0 heterocycles. The van der Waals surface area contributed by atoms with E-state index in [-0.39, 0.29) is 11.8 Å². The van der Waals surface area contributed by atoms with Crippen LogP contribution in [0.3, 0.4) is 0 Å². The molecule has 0 bridgehead atoms. The molecule has 0 aliphatic rings. The molecule has 0 aliphatic heterocycles. The Morgan fingerprint density at radius 2 is 1.87 bits per heavy atom. The quantitative estimate of drug-likeness (QED) is 0.862. The topological polar surface area (TPSA) is 46.5 Å². The van der Waals surface area contributed by atoms with E-state index in [2.05, 4.69) is 20.8 Å². The molecule has 1 N–H and O–H groups in total. The van der Waals surface area contributed by atoms with Gasteiger partial charge in [-0.1, -0.05) is 62.7 Å². The smallest absolute Gasteiger partial charge is 0.345 e. The predicted octanol–water partition coefficient (Wildman–Crippen LogP) is 4.71. The number of rotatable bonds is 5. The van der Waals surface area contributed by atoms with E-state index in [0.717, 1.165) is 11.1 Å². The maximum atomic E-state index is 11.6. The van der Waals surface area contributed by atoms with Crippen molar-refractivity contribution in [3.05, 3.63) is 64.7 Å². The van der Waals surface area contributed by atoms with Gasteiger partial charge in [0.2, 0.25) is 0 Å². The van der Waals surface area contributed by atoms with Gasteiger partial charge in [-0.2, -0.15) is 0 Å². The second-order valence-corrected chi connectivity index (χ2v) is 6.96. The molecule has 0 saturated heterocycles. The van der Waals surface area contributed by atoms with Gasteiger partial charge >= 0.3 is 5.97 Å². The van der Waals surface area contributed by atoms with E-state index in [1.807, 2.05) is 30.3 Å². The summed E-state index contributed by atoms with van der Waals surface area (Å²) in [5.41, 5.74) is 1.69. The third kappa shape index (κ3) is 4.73. The summed E-state index contributed by atoms with van der Waals surface area (Å²) in [7, 11) is 0. The maximum Gasteiger partial charge on any atom is 0.345 e. The molecule has 4 heteroatoms. The van der Waals surface area contributed by atoms with Crippen LogP contribution in [-0.4, -0.2) is 17.2 Å². The highest BCUT2D eigenvalue weighted by atomic mass is 35.5. The van der Waals surface area contributed by atoms with Gasteiger partial charge in [0.05, 0.1) is 0 Å². The third-order valence-corrected chi connectivity index (χ3v) is 3.78. The van der Waals surface area contributed by atoms with E-state index in [9.17, 15) is 9.90 Å². The SMILES string of the molecule is CC(C)(C)c1ccccc1OC(Cc1cccc(Cl)c1)C(=O)O. The summed E-state index contributed by atoms with van der Waals surface area (Å²) < 4.78 is 5.83. The summed E-state index contributed by atoms with van der Waals surface area (Å²) in [4.78, 5) is 11.6. The number of hydrogen-bond acceptors (Lipinski definition) is 2. The van der Waals surface area contributed by atoms with Gasteiger partial charge in [-0.3, -0.25) is 0 Å². The minimum Gasteiger partial charge on any atom is -0.478 e. The van der Waals surface area contributed by atoms with Gasteiger partial charge in [-0.05, 0) is 34.7 Å². The molecule has 1 atom stereocenters. The van der Waals surface area contributed by atoms with Crippen molar-refractivity contribution in [2.75, 3.05) is 0 Å². The molecule has 0 aliphatic carbocycles. The van der Waals surface area contributed by atoms with Gasteiger partial charge in [0.1, 0.15) is 5.75 Å². The van der Waals surface area contributed by atoms with E-state index in [1.165, 1.54) is 0 Å². The second kappa shape index (κ2) is 7.05. The van der Waals surface area contributed by atoms with Gasteiger partial charge in [0, 0.05) is 11.4 Å². The van der Waals surface area contributed by atoms with Gasteiger partial charge < -0.3 is 9.84 Å². The molecule has 1 unspecified atom stereocenters. The molecule has 23 heavy (non-hydrogen) atoms. The van der Waals surface area contributed by atoms with Crippen LogP contribution in [0, 0.1) is 0 Å². The van der Waals surface area contributed by atoms with Crippen molar-refractivity contribution in [2.24, 2.45) is 0 Å². The zero-order chi connectivity index (χ0) is 17.0. The zero-order valence-corrected chi connectivity index (χ0v) is 14.3. The summed E-state index contributed by atoms with van der Waals surface area (Å²) in [6, 6.07) is 14.7. The lowest BCUT2D eigenvalue weighted by Gasteiger charge is -2.24. The lowest BCUT2D eigenvalue weighted by molar-refractivity contribution is -0.145. The molecule has 2 aromatic rings. The van der Waals surface area contributed by atoms with Crippen LogP contribution in [0.15, 0.2) is 48.5 Å². The Kier molecular flexibility index (Phi) is 5.32. The van der Waals surface area contributed by atoms with Gasteiger partial charge in [-0.25, -0.2) is 4.79 Å². The van der Waals surface area contributed by atoms with Crippen LogP contribution >= 0.6 is 11.6 Å². The number of carboxylic acids is 1. The van der Waals surface area contributed by atoms with Crippen molar-refractivity contribution in [3.63, 3.8) is 0 Å². The second-order valence-electron chi connectivity index (χ2n) is 6.52. The van der Waals surface area contributed by atoms with Crippen molar-refractivity contribution < 1.29 is 14.6 Å². The van der Waals surface area contributed by atoms with E-state index < -0.39 is 12.1 Å². The Labute approximate surface area is 141 Å². The maximum absolute atomic E-state index is 11.6. The fourth-order valence-corrected chi connectivity index (χ4v) is 2.61. The van der Waals surface area contributed by atoms with Crippen molar-refractivity contribution >= 4 is 17.6 Å². The average molecular weight is 333 g/mol. The van der Waals surface area contributed by atoms with Crippen LogP contribution in [-0.2, 0) is 16.6 Å². The minimum absolute atomic E-state index is 0.129. The molecule has 3 nitrogen and oxygen atoms in total. The Hall–Kier alpha value is -2.00. The molecular weight excluding hydrogens is 312 g/mol. The predicted molar refractivity (Wildman–Crippen MR) is 92.3 cm³/mol. The zero-order valence-electron chi connectivity index (χ0n) is 13.5. The Balaban J connectivity index is 2.26. The molecular formula is C19H21ClO3. The van der Waals surface area contributed by atoms with E-state index in [4.69, 9.17) is 16.3 Å². The van der Waals surface area contributed by atoms with E-state index >= 15 is 0 Å². The standard InChI is InChI=1S/C19H21ClO3/c1-19(2,3)15-9-4-5-10-16(15)23-17(18(21)22)12-13-7-6-8-14(20)11-13/h4-11,17H,12H2,1-3H3,(H,21,22). The number of ether oxygens (including phenoxy) is 1. The number of para-hydroxylation sites is 1. The first kappa shape index (κ1) is 17.4. The number of halogens is 1. The molecule has 0 radical (unpaired) electrons. The highest BCUT2D eigenvalue weighted by Gasteiger charge is 2.24.